The summed E-state index contributed by atoms with van der Waals surface area (Å²) in [5, 5.41) is 10.9. The number of rotatable bonds is 6. The molecular weight excluding hydrogens is 463 g/mol. The summed E-state index contributed by atoms with van der Waals surface area (Å²) in [6, 6.07) is 4.04. The van der Waals surface area contributed by atoms with Gasteiger partial charge in [0.15, 0.2) is 5.96 Å². The lowest BCUT2D eigenvalue weighted by Crippen LogP contribution is -2.43. The van der Waals surface area contributed by atoms with Crippen molar-refractivity contribution in [1.82, 2.24) is 20.4 Å². The number of aromatic nitrogens is 2. The van der Waals surface area contributed by atoms with Crippen LogP contribution in [-0.2, 0) is 19.9 Å². The number of hydrogen-bond donors (Lipinski definition) is 2. The van der Waals surface area contributed by atoms with Crippen LogP contribution >= 0.6 is 24.0 Å². The van der Waals surface area contributed by atoms with E-state index in [4.69, 9.17) is 0 Å². The molecule has 5 nitrogen and oxygen atoms in total. The summed E-state index contributed by atoms with van der Waals surface area (Å²) < 4.78 is 29.2. The number of nitrogens with zero attached hydrogens (tertiary/aromatic N) is 3. The molecule has 1 heterocycles. The molecule has 0 radical (unpaired) electrons. The normalized spacial score (nSPS) is 12.5. The molecule has 0 saturated heterocycles. The maximum atomic E-state index is 13.7. The lowest BCUT2D eigenvalue weighted by Gasteiger charge is -2.18. The number of halogens is 3. The van der Waals surface area contributed by atoms with E-state index in [9.17, 15) is 8.78 Å². The van der Waals surface area contributed by atoms with Gasteiger partial charge in [-0.15, -0.1) is 24.0 Å². The maximum Gasteiger partial charge on any atom is 0.191 e. The average Bonchev–Trinajstić information content (AvgIpc) is 2.82. The Morgan fingerprint density at radius 2 is 1.85 bits per heavy atom. The van der Waals surface area contributed by atoms with Crippen LogP contribution < -0.4 is 10.6 Å². The molecule has 1 aromatic heterocycles. The van der Waals surface area contributed by atoms with E-state index in [-0.39, 0.29) is 42.0 Å². The van der Waals surface area contributed by atoms with Gasteiger partial charge < -0.3 is 10.6 Å². The molecule has 0 aliphatic rings. The summed E-state index contributed by atoms with van der Waals surface area (Å²) in [4.78, 5) is 4.18. The molecular formula is C19H28F2IN5. The number of benzene rings is 1. The monoisotopic (exact) mass is 491 g/mol. The molecule has 0 fully saturated rings. The summed E-state index contributed by atoms with van der Waals surface area (Å²) in [5.74, 6) is -0.440. The smallest absolute Gasteiger partial charge is 0.191 e. The van der Waals surface area contributed by atoms with Crippen LogP contribution in [0.3, 0.4) is 0 Å². The molecule has 0 amide bonds. The third kappa shape index (κ3) is 6.15. The summed E-state index contributed by atoms with van der Waals surface area (Å²) in [7, 11) is 3.61. The van der Waals surface area contributed by atoms with Gasteiger partial charge in [0, 0.05) is 37.9 Å². The quantitative estimate of drug-likeness (QED) is 0.371. The second-order valence-electron chi connectivity index (χ2n) is 6.47. The highest BCUT2D eigenvalue weighted by atomic mass is 127. The lowest BCUT2D eigenvalue weighted by atomic mass is 10.1. The summed E-state index contributed by atoms with van der Waals surface area (Å²) in [6.07, 6.45) is 1.06. The van der Waals surface area contributed by atoms with Gasteiger partial charge in [-0.2, -0.15) is 5.10 Å². The Labute approximate surface area is 176 Å². The van der Waals surface area contributed by atoms with Crippen LogP contribution in [-0.4, -0.2) is 35.4 Å². The van der Waals surface area contributed by atoms with Gasteiger partial charge in [0.1, 0.15) is 11.6 Å². The zero-order chi connectivity index (χ0) is 19.3. The van der Waals surface area contributed by atoms with Gasteiger partial charge in [-0.05, 0) is 51.3 Å². The molecule has 1 unspecified atom stereocenters. The minimum Gasteiger partial charge on any atom is -0.356 e. The molecule has 0 bridgehead atoms. The molecule has 0 spiro atoms. The van der Waals surface area contributed by atoms with E-state index < -0.39 is 11.6 Å². The van der Waals surface area contributed by atoms with Gasteiger partial charge in [-0.1, -0.05) is 6.07 Å². The summed E-state index contributed by atoms with van der Waals surface area (Å²) in [6.45, 7) is 6.51. The second kappa shape index (κ2) is 10.6. The Morgan fingerprint density at radius 3 is 2.37 bits per heavy atom. The van der Waals surface area contributed by atoms with Gasteiger partial charge in [0.05, 0.1) is 5.69 Å². The maximum absolute atomic E-state index is 13.7. The fourth-order valence-corrected chi connectivity index (χ4v) is 2.98. The van der Waals surface area contributed by atoms with Crippen LogP contribution in [0.4, 0.5) is 8.78 Å². The summed E-state index contributed by atoms with van der Waals surface area (Å²) >= 11 is 0. The van der Waals surface area contributed by atoms with Gasteiger partial charge in [-0.25, -0.2) is 8.78 Å². The van der Waals surface area contributed by atoms with E-state index in [1.54, 1.807) is 7.05 Å². The predicted octanol–water partition coefficient (Wildman–Crippen LogP) is 3.27. The minimum atomic E-state index is -0.523. The second-order valence-corrected chi connectivity index (χ2v) is 6.47. The fraction of sp³-hybridized carbons (Fsp3) is 0.474. The Morgan fingerprint density at radius 1 is 1.22 bits per heavy atom. The molecule has 2 N–H and O–H groups in total. The molecule has 2 aromatic rings. The van der Waals surface area contributed by atoms with Crippen LogP contribution in [0, 0.1) is 25.5 Å². The zero-order valence-corrected chi connectivity index (χ0v) is 18.8. The number of guanidine groups is 1. The van der Waals surface area contributed by atoms with E-state index in [0.29, 0.717) is 12.5 Å². The standard InChI is InChI=1S/C19H27F2N5.HI/c1-12(11-16-13(2)25-26(5)14(16)3)24-19(22-4)23-10-9-15-17(20)7-6-8-18(15)21;/h6-8,12H,9-11H2,1-5H3,(H2,22,23,24);1H. The molecule has 0 aliphatic heterocycles. The number of hydrogen-bond acceptors (Lipinski definition) is 2. The van der Waals surface area contributed by atoms with Gasteiger partial charge in [0.25, 0.3) is 0 Å². The molecule has 2 rings (SSSR count). The fourth-order valence-electron chi connectivity index (χ4n) is 2.98. The lowest BCUT2D eigenvalue weighted by molar-refractivity contribution is 0.552. The highest BCUT2D eigenvalue weighted by Crippen LogP contribution is 2.14. The van der Waals surface area contributed by atoms with Crippen LogP contribution in [0.5, 0.6) is 0 Å². The number of aryl methyl sites for hydroxylation is 2. The minimum absolute atomic E-state index is 0. The Hall–Kier alpha value is -1.71. The Kier molecular flexibility index (Phi) is 9.14. The zero-order valence-electron chi connectivity index (χ0n) is 16.4. The van der Waals surface area contributed by atoms with Crippen LogP contribution in [0.1, 0.15) is 29.4 Å². The van der Waals surface area contributed by atoms with E-state index in [0.717, 1.165) is 17.8 Å². The summed E-state index contributed by atoms with van der Waals surface area (Å²) in [5.41, 5.74) is 3.48. The van der Waals surface area contributed by atoms with E-state index in [1.807, 2.05) is 18.7 Å². The van der Waals surface area contributed by atoms with E-state index >= 15 is 0 Å². The first-order chi connectivity index (χ1) is 12.3. The van der Waals surface area contributed by atoms with E-state index in [1.165, 1.54) is 23.8 Å². The first kappa shape index (κ1) is 23.3. The molecule has 150 valence electrons. The highest BCUT2D eigenvalue weighted by Gasteiger charge is 2.14. The van der Waals surface area contributed by atoms with Crippen molar-refractivity contribution in [3.05, 3.63) is 52.3 Å². The van der Waals surface area contributed by atoms with Crippen molar-refractivity contribution in [3.63, 3.8) is 0 Å². The third-order valence-corrected chi connectivity index (χ3v) is 4.51. The van der Waals surface area contributed by atoms with Crippen molar-refractivity contribution >= 4 is 29.9 Å². The Balaban J connectivity index is 0.00000364. The van der Waals surface area contributed by atoms with Crippen molar-refractivity contribution < 1.29 is 8.78 Å². The topological polar surface area (TPSA) is 54.2 Å². The van der Waals surface area contributed by atoms with Crippen molar-refractivity contribution in [2.45, 2.75) is 39.7 Å². The largest absolute Gasteiger partial charge is 0.356 e. The van der Waals surface area contributed by atoms with Gasteiger partial charge >= 0.3 is 0 Å². The van der Waals surface area contributed by atoms with Crippen molar-refractivity contribution in [2.75, 3.05) is 13.6 Å². The third-order valence-electron chi connectivity index (χ3n) is 4.51. The molecule has 27 heavy (non-hydrogen) atoms. The van der Waals surface area contributed by atoms with Crippen molar-refractivity contribution in [2.24, 2.45) is 12.0 Å². The van der Waals surface area contributed by atoms with Gasteiger partial charge in [0.2, 0.25) is 0 Å². The number of aliphatic imine (C=N–C) groups is 1. The SMILES string of the molecule is CN=C(NCCc1c(F)cccc1F)NC(C)Cc1c(C)nn(C)c1C.I. The van der Waals surface area contributed by atoms with Gasteiger partial charge in [-0.3, -0.25) is 9.67 Å². The predicted molar refractivity (Wildman–Crippen MR) is 116 cm³/mol. The number of nitrogens with one attached hydrogen (secondary N) is 2. The van der Waals surface area contributed by atoms with Crippen molar-refractivity contribution in [1.29, 1.82) is 0 Å². The molecule has 0 saturated carbocycles. The first-order valence-corrected chi connectivity index (χ1v) is 8.72. The van der Waals surface area contributed by atoms with Crippen LogP contribution in [0.15, 0.2) is 23.2 Å². The van der Waals surface area contributed by atoms with Crippen LogP contribution in [0.2, 0.25) is 0 Å². The molecule has 1 atom stereocenters. The molecule has 1 aromatic carbocycles. The average molecular weight is 491 g/mol. The molecule has 8 heteroatoms. The molecule has 0 aliphatic carbocycles. The van der Waals surface area contributed by atoms with Crippen molar-refractivity contribution in [3.8, 4) is 0 Å². The highest BCUT2D eigenvalue weighted by molar-refractivity contribution is 14.0. The first-order valence-electron chi connectivity index (χ1n) is 8.72. The Bertz CT molecular complexity index is 768. The van der Waals surface area contributed by atoms with Crippen LogP contribution in [0.25, 0.3) is 0 Å². The van der Waals surface area contributed by atoms with E-state index in [2.05, 4.69) is 34.6 Å².